The molecule has 138 valence electrons. The molecule has 0 bridgehead atoms. The first kappa shape index (κ1) is 18.8. The number of halogens is 6. The minimum atomic E-state index is -4.67. The zero-order chi connectivity index (χ0) is 19.1. The Bertz CT molecular complexity index is 838. The molecule has 0 spiro atoms. The first-order chi connectivity index (χ1) is 12.1. The fourth-order valence-electron chi connectivity index (χ4n) is 2.99. The predicted octanol–water partition coefficient (Wildman–Crippen LogP) is 5.21. The van der Waals surface area contributed by atoms with Crippen molar-refractivity contribution in [1.82, 2.24) is 5.32 Å². The largest absolute Gasteiger partial charge is 0.417 e. The Labute approximate surface area is 154 Å². The van der Waals surface area contributed by atoms with Crippen LogP contribution in [0.5, 0.6) is 0 Å². The van der Waals surface area contributed by atoms with Crippen LogP contribution in [0.4, 0.5) is 22.0 Å². The van der Waals surface area contributed by atoms with Crippen molar-refractivity contribution >= 4 is 21.8 Å². The molecular formula is C18H13BrF5NO. The van der Waals surface area contributed by atoms with Gasteiger partial charge in [-0.15, -0.1) is 0 Å². The minimum absolute atomic E-state index is 0.145. The van der Waals surface area contributed by atoms with Crippen molar-refractivity contribution in [3.05, 3.63) is 69.2 Å². The number of benzene rings is 2. The third-order valence-corrected chi connectivity index (χ3v) is 4.91. The number of hydrogen-bond acceptors (Lipinski definition) is 1. The van der Waals surface area contributed by atoms with Crippen LogP contribution in [0.25, 0.3) is 0 Å². The van der Waals surface area contributed by atoms with Gasteiger partial charge in [-0.3, -0.25) is 4.79 Å². The molecule has 1 aliphatic rings. The summed E-state index contributed by atoms with van der Waals surface area (Å²) < 4.78 is 67.7. The van der Waals surface area contributed by atoms with E-state index in [1.165, 1.54) is 12.1 Å². The molecule has 2 nitrogen and oxygen atoms in total. The van der Waals surface area contributed by atoms with E-state index in [4.69, 9.17) is 0 Å². The van der Waals surface area contributed by atoms with Gasteiger partial charge in [0, 0.05) is 22.0 Å². The number of alkyl halides is 3. The molecule has 26 heavy (non-hydrogen) atoms. The lowest BCUT2D eigenvalue weighted by Crippen LogP contribution is -2.34. The maximum atomic E-state index is 14.2. The van der Waals surface area contributed by atoms with Gasteiger partial charge in [0.1, 0.15) is 11.6 Å². The van der Waals surface area contributed by atoms with E-state index < -0.39 is 40.3 Å². The predicted molar refractivity (Wildman–Crippen MR) is 88.7 cm³/mol. The summed E-state index contributed by atoms with van der Waals surface area (Å²) in [4.78, 5) is 12.2. The minimum Gasteiger partial charge on any atom is -0.351 e. The Morgan fingerprint density at radius 2 is 1.69 bits per heavy atom. The Morgan fingerprint density at radius 3 is 2.23 bits per heavy atom. The van der Waals surface area contributed by atoms with Gasteiger partial charge in [0.25, 0.3) is 5.91 Å². The lowest BCUT2D eigenvalue weighted by Gasteiger charge is -2.19. The molecule has 1 fully saturated rings. The molecule has 8 heteroatoms. The molecule has 3 rings (SSSR count). The average Bonchev–Trinajstić information content (AvgIpc) is 3.31. The van der Waals surface area contributed by atoms with E-state index in [0.29, 0.717) is 12.8 Å². The zero-order valence-corrected chi connectivity index (χ0v) is 14.8. The van der Waals surface area contributed by atoms with Gasteiger partial charge < -0.3 is 5.32 Å². The number of carbonyl (C=O) groups is 1. The highest BCUT2D eigenvalue weighted by atomic mass is 79.9. The first-order valence-electron chi connectivity index (χ1n) is 7.73. The quantitative estimate of drug-likeness (QED) is 0.659. The Hall–Kier alpha value is -1.96. The fourth-order valence-corrected chi connectivity index (χ4v) is 3.39. The standard InChI is InChI=1S/C18H13BrF5NO/c19-10-7-13(20)15(14(21)8-10)17(5-6-17)9-25-16(26)11-3-1-2-4-12(11)18(22,23)24/h1-4,7-8H,5-6,9H2,(H,25,26). The van der Waals surface area contributed by atoms with Crippen LogP contribution >= 0.6 is 15.9 Å². The van der Waals surface area contributed by atoms with E-state index >= 15 is 0 Å². The number of rotatable bonds is 4. The van der Waals surface area contributed by atoms with Crippen LogP contribution in [-0.2, 0) is 11.6 Å². The topological polar surface area (TPSA) is 29.1 Å². The third kappa shape index (κ3) is 3.60. The van der Waals surface area contributed by atoms with Crippen LogP contribution in [-0.4, -0.2) is 12.5 Å². The van der Waals surface area contributed by atoms with E-state index in [1.807, 2.05) is 0 Å². The zero-order valence-electron chi connectivity index (χ0n) is 13.3. The summed E-state index contributed by atoms with van der Waals surface area (Å²) in [5, 5.41) is 2.40. The van der Waals surface area contributed by atoms with E-state index in [1.54, 1.807) is 0 Å². The number of hydrogen-bond donors (Lipinski definition) is 1. The molecule has 2 aromatic rings. The van der Waals surface area contributed by atoms with Crippen LogP contribution in [0.15, 0.2) is 40.9 Å². The highest BCUT2D eigenvalue weighted by Gasteiger charge is 2.48. The van der Waals surface area contributed by atoms with Crippen molar-refractivity contribution in [2.45, 2.75) is 24.4 Å². The van der Waals surface area contributed by atoms with Crippen molar-refractivity contribution in [2.24, 2.45) is 0 Å². The van der Waals surface area contributed by atoms with Gasteiger partial charge in [-0.05, 0) is 37.1 Å². The fraction of sp³-hybridized carbons (Fsp3) is 0.278. The average molecular weight is 434 g/mol. The van der Waals surface area contributed by atoms with Crippen LogP contribution in [0, 0.1) is 11.6 Å². The molecular weight excluding hydrogens is 421 g/mol. The van der Waals surface area contributed by atoms with Gasteiger partial charge in [0.05, 0.1) is 11.1 Å². The van der Waals surface area contributed by atoms with Gasteiger partial charge in [-0.1, -0.05) is 28.1 Å². The molecule has 2 aromatic carbocycles. The van der Waals surface area contributed by atoms with Crippen molar-refractivity contribution in [3.63, 3.8) is 0 Å². The summed E-state index contributed by atoms with van der Waals surface area (Å²) in [5.41, 5.74) is -2.65. The monoisotopic (exact) mass is 433 g/mol. The molecule has 1 aliphatic carbocycles. The van der Waals surface area contributed by atoms with E-state index in [-0.39, 0.29) is 16.6 Å². The summed E-state index contributed by atoms with van der Waals surface area (Å²) >= 11 is 3.00. The SMILES string of the molecule is O=C(NCC1(c2c(F)cc(Br)cc2F)CC1)c1ccccc1C(F)(F)F. The molecule has 0 aromatic heterocycles. The number of nitrogens with one attached hydrogen (secondary N) is 1. The summed E-state index contributed by atoms with van der Waals surface area (Å²) in [7, 11) is 0. The van der Waals surface area contributed by atoms with Gasteiger partial charge in [0.15, 0.2) is 0 Å². The summed E-state index contributed by atoms with van der Waals surface area (Å²) in [6, 6.07) is 6.65. The molecule has 0 atom stereocenters. The Kier molecular flexibility index (Phi) is 4.81. The number of carbonyl (C=O) groups excluding carboxylic acids is 1. The third-order valence-electron chi connectivity index (χ3n) is 4.46. The second-order valence-electron chi connectivity index (χ2n) is 6.25. The van der Waals surface area contributed by atoms with Crippen LogP contribution in [0.2, 0.25) is 0 Å². The Morgan fingerprint density at radius 1 is 1.12 bits per heavy atom. The van der Waals surface area contributed by atoms with Gasteiger partial charge in [-0.25, -0.2) is 8.78 Å². The van der Waals surface area contributed by atoms with E-state index in [2.05, 4.69) is 21.2 Å². The van der Waals surface area contributed by atoms with E-state index in [0.717, 1.165) is 24.3 Å². The molecule has 1 saturated carbocycles. The van der Waals surface area contributed by atoms with Crippen molar-refractivity contribution in [1.29, 1.82) is 0 Å². The molecule has 1 amide bonds. The van der Waals surface area contributed by atoms with Gasteiger partial charge in [0.2, 0.25) is 0 Å². The smallest absolute Gasteiger partial charge is 0.351 e. The highest BCUT2D eigenvalue weighted by molar-refractivity contribution is 9.10. The van der Waals surface area contributed by atoms with Crippen molar-refractivity contribution in [2.75, 3.05) is 6.54 Å². The van der Waals surface area contributed by atoms with Gasteiger partial charge >= 0.3 is 6.18 Å². The summed E-state index contributed by atoms with van der Waals surface area (Å²) in [6.07, 6.45) is -3.80. The lowest BCUT2D eigenvalue weighted by atomic mass is 9.94. The molecule has 0 heterocycles. The summed E-state index contributed by atoms with van der Waals surface area (Å²) in [5.74, 6) is -2.43. The molecule has 0 aliphatic heterocycles. The lowest BCUT2D eigenvalue weighted by molar-refractivity contribution is -0.137. The normalized spacial score (nSPS) is 15.6. The second-order valence-corrected chi connectivity index (χ2v) is 7.17. The molecule has 0 saturated heterocycles. The van der Waals surface area contributed by atoms with Crippen LogP contribution in [0.3, 0.4) is 0 Å². The van der Waals surface area contributed by atoms with Crippen molar-refractivity contribution < 1.29 is 26.7 Å². The van der Waals surface area contributed by atoms with Crippen LogP contribution < -0.4 is 5.32 Å². The van der Waals surface area contributed by atoms with Gasteiger partial charge in [-0.2, -0.15) is 13.2 Å². The number of amides is 1. The maximum Gasteiger partial charge on any atom is 0.417 e. The maximum absolute atomic E-state index is 14.2. The molecule has 1 N–H and O–H groups in total. The van der Waals surface area contributed by atoms with Crippen molar-refractivity contribution in [3.8, 4) is 0 Å². The first-order valence-corrected chi connectivity index (χ1v) is 8.53. The van der Waals surface area contributed by atoms with E-state index in [9.17, 15) is 26.7 Å². The second kappa shape index (κ2) is 6.64. The summed E-state index contributed by atoms with van der Waals surface area (Å²) in [6.45, 7) is -0.145. The Balaban J connectivity index is 1.81. The highest BCUT2D eigenvalue weighted by Crippen LogP contribution is 2.50. The molecule has 0 unspecified atom stereocenters. The molecule has 0 radical (unpaired) electrons. The van der Waals surface area contributed by atoms with Crippen LogP contribution in [0.1, 0.15) is 34.3 Å².